The molecule has 4 atom stereocenters. The van der Waals surface area contributed by atoms with Gasteiger partial charge in [-0.3, -0.25) is 0 Å². The molecule has 6 nitrogen and oxygen atoms in total. The number of methoxy groups -OCH3 is 1. The largest absolute Gasteiger partial charge is 0.389 e. The molecule has 0 saturated heterocycles. The molecule has 0 unspecified atom stereocenters. The SMILES string of the molecule is COC[C@@H](O)[C@@H](O)[C@H](O)[C@@H](O)CN. The van der Waals surface area contributed by atoms with Crippen LogP contribution in [0.2, 0.25) is 0 Å². The Labute approximate surface area is 76.6 Å². The molecule has 0 aliphatic rings. The van der Waals surface area contributed by atoms with Gasteiger partial charge in [0.05, 0.1) is 12.7 Å². The van der Waals surface area contributed by atoms with E-state index in [0.717, 1.165) is 0 Å². The molecule has 0 rings (SSSR count). The van der Waals surface area contributed by atoms with Crippen LogP contribution in [0.25, 0.3) is 0 Å². The van der Waals surface area contributed by atoms with Gasteiger partial charge in [-0.25, -0.2) is 0 Å². The summed E-state index contributed by atoms with van der Waals surface area (Å²) in [6, 6.07) is 0. The summed E-state index contributed by atoms with van der Waals surface area (Å²) in [5.74, 6) is 0. The Morgan fingerprint density at radius 2 is 1.54 bits per heavy atom. The molecule has 0 aromatic carbocycles. The Bertz CT molecular complexity index is 134. The summed E-state index contributed by atoms with van der Waals surface area (Å²) in [6.07, 6.45) is -5.41. The number of aliphatic hydroxyl groups excluding tert-OH is 4. The minimum absolute atomic E-state index is 0.116. The van der Waals surface area contributed by atoms with E-state index in [9.17, 15) is 10.2 Å². The van der Waals surface area contributed by atoms with Gasteiger partial charge in [-0.1, -0.05) is 0 Å². The standard InChI is InChI=1S/C7H17NO5/c1-13-3-5(10)7(12)6(11)4(9)2-8/h4-7,9-12H,2-3,8H2,1H3/t4-,5+,6+,7+/m0/s1. The molecule has 80 valence electrons. The fourth-order valence-electron chi connectivity index (χ4n) is 0.864. The maximum absolute atomic E-state index is 9.22. The molecule has 0 amide bonds. The number of ether oxygens (including phenoxy) is 1. The van der Waals surface area contributed by atoms with E-state index in [1.165, 1.54) is 7.11 Å². The van der Waals surface area contributed by atoms with Crippen molar-refractivity contribution in [1.82, 2.24) is 0 Å². The van der Waals surface area contributed by atoms with Gasteiger partial charge in [0.15, 0.2) is 0 Å². The summed E-state index contributed by atoms with van der Waals surface area (Å²) in [5.41, 5.74) is 5.05. The Morgan fingerprint density at radius 1 is 1.08 bits per heavy atom. The first-order valence-electron chi connectivity index (χ1n) is 3.95. The van der Waals surface area contributed by atoms with E-state index in [2.05, 4.69) is 4.74 Å². The maximum Gasteiger partial charge on any atom is 0.111 e. The molecule has 6 heteroatoms. The van der Waals surface area contributed by atoms with E-state index in [0.29, 0.717) is 0 Å². The van der Waals surface area contributed by atoms with Crippen molar-refractivity contribution >= 4 is 0 Å². The second-order valence-corrected chi connectivity index (χ2v) is 2.81. The average molecular weight is 195 g/mol. The maximum atomic E-state index is 9.22. The highest BCUT2D eigenvalue weighted by molar-refractivity contribution is 4.80. The lowest BCUT2D eigenvalue weighted by molar-refractivity contribution is -0.115. The molecular weight excluding hydrogens is 178 g/mol. The van der Waals surface area contributed by atoms with Crippen molar-refractivity contribution in [3.8, 4) is 0 Å². The van der Waals surface area contributed by atoms with Gasteiger partial charge >= 0.3 is 0 Å². The van der Waals surface area contributed by atoms with Gasteiger partial charge in [0.2, 0.25) is 0 Å². The molecule has 0 aliphatic heterocycles. The number of rotatable bonds is 6. The van der Waals surface area contributed by atoms with Crippen molar-refractivity contribution in [1.29, 1.82) is 0 Å². The third-order valence-electron chi connectivity index (χ3n) is 1.72. The van der Waals surface area contributed by atoms with Gasteiger partial charge in [-0.2, -0.15) is 0 Å². The lowest BCUT2D eigenvalue weighted by Crippen LogP contribution is -2.48. The lowest BCUT2D eigenvalue weighted by atomic mass is 10.0. The highest BCUT2D eigenvalue weighted by Crippen LogP contribution is 2.04. The fraction of sp³-hybridized carbons (Fsp3) is 1.00. The smallest absolute Gasteiger partial charge is 0.111 e. The molecule has 0 radical (unpaired) electrons. The zero-order valence-electron chi connectivity index (χ0n) is 7.50. The second kappa shape index (κ2) is 6.25. The number of hydrogen-bond acceptors (Lipinski definition) is 6. The molecule has 0 aromatic heterocycles. The lowest BCUT2D eigenvalue weighted by Gasteiger charge is -2.25. The van der Waals surface area contributed by atoms with Crippen molar-refractivity contribution in [2.24, 2.45) is 5.73 Å². The van der Waals surface area contributed by atoms with E-state index >= 15 is 0 Å². The zero-order chi connectivity index (χ0) is 10.4. The molecule has 0 heterocycles. The van der Waals surface area contributed by atoms with Crippen LogP contribution >= 0.6 is 0 Å². The Morgan fingerprint density at radius 3 is 1.92 bits per heavy atom. The zero-order valence-corrected chi connectivity index (χ0v) is 7.50. The van der Waals surface area contributed by atoms with Crippen molar-refractivity contribution < 1.29 is 25.2 Å². The summed E-state index contributed by atoms with van der Waals surface area (Å²) in [4.78, 5) is 0. The molecule has 13 heavy (non-hydrogen) atoms. The van der Waals surface area contributed by atoms with Crippen LogP contribution in [0.1, 0.15) is 0 Å². The third kappa shape index (κ3) is 3.99. The molecule has 6 N–H and O–H groups in total. The molecule has 0 aromatic rings. The Hall–Kier alpha value is -0.240. The summed E-state index contributed by atoms with van der Waals surface area (Å²) in [6.45, 7) is -0.298. The van der Waals surface area contributed by atoms with Gasteiger partial charge in [-0.05, 0) is 0 Å². The number of aliphatic hydroxyl groups is 4. The van der Waals surface area contributed by atoms with Gasteiger partial charge in [0, 0.05) is 13.7 Å². The fourth-order valence-corrected chi connectivity index (χ4v) is 0.864. The number of nitrogens with two attached hydrogens (primary N) is 1. The van der Waals surface area contributed by atoms with Gasteiger partial charge < -0.3 is 30.9 Å². The van der Waals surface area contributed by atoms with Crippen molar-refractivity contribution in [3.63, 3.8) is 0 Å². The predicted octanol–water partition coefficient (Wildman–Crippen LogP) is -2.96. The molecular formula is C7H17NO5. The first-order chi connectivity index (χ1) is 6.04. The van der Waals surface area contributed by atoms with Crippen LogP contribution in [0.15, 0.2) is 0 Å². The van der Waals surface area contributed by atoms with Crippen molar-refractivity contribution in [2.75, 3.05) is 20.3 Å². The highest BCUT2D eigenvalue weighted by atomic mass is 16.5. The van der Waals surface area contributed by atoms with Crippen LogP contribution in [-0.2, 0) is 4.74 Å². The average Bonchev–Trinajstić information content (AvgIpc) is 2.14. The summed E-state index contributed by atoms with van der Waals surface area (Å²) < 4.78 is 4.55. The quantitative estimate of drug-likeness (QED) is 0.309. The Kier molecular flexibility index (Phi) is 6.13. The first-order valence-corrected chi connectivity index (χ1v) is 3.95. The minimum Gasteiger partial charge on any atom is -0.389 e. The summed E-state index contributed by atoms with van der Waals surface area (Å²) in [5, 5.41) is 36.6. The molecule has 0 fully saturated rings. The van der Waals surface area contributed by atoms with Gasteiger partial charge in [0.25, 0.3) is 0 Å². The van der Waals surface area contributed by atoms with E-state index in [4.69, 9.17) is 15.9 Å². The molecule has 0 spiro atoms. The van der Waals surface area contributed by atoms with E-state index in [-0.39, 0.29) is 13.2 Å². The summed E-state index contributed by atoms with van der Waals surface area (Å²) in [7, 11) is 1.35. The normalized spacial score (nSPS) is 20.8. The number of hydrogen-bond donors (Lipinski definition) is 5. The van der Waals surface area contributed by atoms with Crippen LogP contribution in [0.4, 0.5) is 0 Å². The van der Waals surface area contributed by atoms with Gasteiger partial charge in [0.1, 0.15) is 18.3 Å². The van der Waals surface area contributed by atoms with Gasteiger partial charge in [-0.15, -0.1) is 0 Å². The van der Waals surface area contributed by atoms with Crippen LogP contribution in [0.3, 0.4) is 0 Å². The van der Waals surface area contributed by atoms with E-state index < -0.39 is 24.4 Å². The summed E-state index contributed by atoms with van der Waals surface area (Å²) >= 11 is 0. The van der Waals surface area contributed by atoms with Crippen molar-refractivity contribution in [2.45, 2.75) is 24.4 Å². The van der Waals surface area contributed by atoms with Crippen LogP contribution in [-0.4, -0.2) is 65.1 Å². The molecule has 0 aliphatic carbocycles. The van der Waals surface area contributed by atoms with E-state index in [1.54, 1.807) is 0 Å². The first kappa shape index (κ1) is 12.8. The Balaban J connectivity index is 3.99. The highest BCUT2D eigenvalue weighted by Gasteiger charge is 2.29. The second-order valence-electron chi connectivity index (χ2n) is 2.81. The van der Waals surface area contributed by atoms with Crippen LogP contribution < -0.4 is 5.73 Å². The van der Waals surface area contributed by atoms with Crippen LogP contribution in [0, 0.1) is 0 Å². The molecule has 0 saturated carbocycles. The third-order valence-corrected chi connectivity index (χ3v) is 1.72. The topological polar surface area (TPSA) is 116 Å². The monoisotopic (exact) mass is 195 g/mol. The molecule has 0 bridgehead atoms. The predicted molar refractivity (Wildman–Crippen MR) is 45.0 cm³/mol. The minimum atomic E-state index is -1.46. The van der Waals surface area contributed by atoms with Crippen molar-refractivity contribution in [3.05, 3.63) is 0 Å². The van der Waals surface area contributed by atoms with E-state index in [1.807, 2.05) is 0 Å². The van der Waals surface area contributed by atoms with Crippen LogP contribution in [0.5, 0.6) is 0 Å².